The van der Waals surface area contributed by atoms with E-state index in [2.05, 4.69) is 231 Å². The van der Waals surface area contributed by atoms with Gasteiger partial charge >= 0.3 is 0 Å². The highest BCUT2D eigenvalue weighted by molar-refractivity contribution is 6.15. The summed E-state index contributed by atoms with van der Waals surface area (Å²) in [6.45, 7) is 4.71. The van der Waals surface area contributed by atoms with E-state index in [0.29, 0.717) is 0 Å². The van der Waals surface area contributed by atoms with E-state index in [1.807, 2.05) is 0 Å². The summed E-state index contributed by atoms with van der Waals surface area (Å²) in [7, 11) is 0. The van der Waals surface area contributed by atoms with Gasteiger partial charge in [-0.05, 0) is 113 Å². The second-order valence-corrected chi connectivity index (χ2v) is 16.1. The average molecular weight is 740 g/mol. The van der Waals surface area contributed by atoms with Gasteiger partial charge in [-0.15, -0.1) is 0 Å². The van der Waals surface area contributed by atoms with E-state index in [-0.39, 0.29) is 5.41 Å². The molecule has 10 aromatic rings. The predicted molar refractivity (Wildman–Crippen MR) is 248 cm³/mol. The molecular formula is C57H41N. The van der Waals surface area contributed by atoms with Crippen molar-refractivity contribution in [2.24, 2.45) is 0 Å². The van der Waals surface area contributed by atoms with E-state index in [4.69, 9.17) is 0 Å². The fraction of sp³-hybridized carbons (Fsp3) is 0.0526. The van der Waals surface area contributed by atoms with Gasteiger partial charge in [-0.25, -0.2) is 0 Å². The molecule has 0 saturated heterocycles. The van der Waals surface area contributed by atoms with Crippen molar-refractivity contribution in [2.45, 2.75) is 19.3 Å². The van der Waals surface area contributed by atoms with Gasteiger partial charge in [-0.1, -0.05) is 190 Å². The van der Waals surface area contributed by atoms with Crippen LogP contribution in [0.1, 0.15) is 25.0 Å². The van der Waals surface area contributed by atoms with E-state index >= 15 is 0 Å². The number of hydrogen-bond acceptors (Lipinski definition) is 1. The van der Waals surface area contributed by atoms with Gasteiger partial charge in [-0.3, -0.25) is 0 Å². The number of benzene rings is 10. The van der Waals surface area contributed by atoms with Gasteiger partial charge in [-0.2, -0.15) is 0 Å². The minimum Gasteiger partial charge on any atom is -0.309 e. The molecule has 0 amide bonds. The van der Waals surface area contributed by atoms with Gasteiger partial charge < -0.3 is 4.90 Å². The maximum atomic E-state index is 2.47. The molecule has 1 nitrogen and oxygen atoms in total. The quantitative estimate of drug-likeness (QED) is 0.154. The van der Waals surface area contributed by atoms with Crippen LogP contribution in [0.5, 0.6) is 0 Å². The molecule has 11 rings (SSSR count). The van der Waals surface area contributed by atoms with Gasteiger partial charge in [0, 0.05) is 22.1 Å². The van der Waals surface area contributed by atoms with Crippen molar-refractivity contribution in [3.05, 3.63) is 223 Å². The van der Waals surface area contributed by atoms with Crippen molar-refractivity contribution < 1.29 is 0 Å². The van der Waals surface area contributed by atoms with Crippen LogP contribution in [0.25, 0.3) is 76.8 Å². The van der Waals surface area contributed by atoms with E-state index < -0.39 is 0 Å². The van der Waals surface area contributed by atoms with Crippen molar-refractivity contribution in [2.75, 3.05) is 4.90 Å². The maximum Gasteiger partial charge on any atom is 0.0546 e. The molecule has 0 atom stereocenters. The van der Waals surface area contributed by atoms with Crippen LogP contribution in [0, 0.1) is 0 Å². The van der Waals surface area contributed by atoms with Gasteiger partial charge in [0.2, 0.25) is 0 Å². The first-order valence-electron chi connectivity index (χ1n) is 20.3. The van der Waals surface area contributed by atoms with Crippen LogP contribution >= 0.6 is 0 Å². The summed E-state index contributed by atoms with van der Waals surface area (Å²) in [5.74, 6) is 0. The van der Waals surface area contributed by atoms with Crippen molar-refractivity contribution in [1.82, 2.24) is 0 Å². The van der Waals surface area contributed by atoms with Crippen LogP contribution < -0.4 is 4.90 Å². The highest BCUT2D eigenvalue weighted by atomic mass is 15.1. The molecule has 58 heavy (non-hydrogen) atoms. The molecule has 0 aliphatic heterocycles. The summed E-state index contributed by atoms with van der Waals surface area (Å²) < 4.78 is 0. The lowest BCUT2D eigenvalue weighted by Gasteiger charge is -2.30. The molecule has 0 fully saturated rings. The summed E-state index contributed by atoms with van der Waals surface area (Å²) in [6, 6.07) is 78.2. The van der Waals surface area contributed by atoms with Crippen LogP contribution in [0.3, 0.4) is 0 Å². The van der Waals surface area contributed by atoms with Gasteiger partial charge in [0.1, 0.15) is 0 Å². The Hall–Kier alpha value is -7.22. The first-order valence-corrected chi connectivity index (χ1v) is 20.3. The fourth-order valence-corrected chi connectivity index (χ4v) is 9.56. The first kappa shape index (κ1) is 34.1. The number of anilines is 3. The smallest absolute Gasteiger partial charge is 0.0546 e. The summed E-state index contributed by atoms with van der Waals surface area (Å²) in [6.07, 6.45) is 0. The molecule has 0 heterocycles. The van der Waals surface area contributed by atoms with Crippen LogP contribution in [-0.2, 0) is 5.41 Å². The minimum absolute atomic E-state index is 0.0512. The molecule has 0 aromatic heterocycles. The van der Waals surface area contributed by atoms with Crippen molar-refractivity contribution >= 4 is 49.4 Å². The topological polar surface area (TPSA) is 3.24 Å². The van der Waals surface area contributed by atoms with E-state index in [9.17, 15) is 0 Å². The van der Waals surface area contributed by atoms with E-state index in [1.165, 1.54) is 88.0 Å². The number of fused-ring (bicyclic) bond motifs is 7. The lowest BCUT2D eigenvalue weighted by Crippen LogP contribution is -2.14. The Morgan fingerprint density at radius 3 is 1.71 bits per heavy atom. The monoisotopic (exact) mass is 739 g/mol. The van der Waals surface area contributed by atoms with Gasteiger partial charge in [0.15, 0.2) is 0 Å². The summed E-state index contributed by atoms with van der Waals surface area (Å²) in [5, 5.41) is 7.44. The molecule has 0 spiro atoms. The standard InChI is InChI=1S/C57H41N/c1-57(2)53-27-11-9-24-50(53)51-34-31-40(36-54(51)57)38-29-32-44(33-30-38)58(56-37-43-16-4-6-21-47(43)49-23-7-8-25-52(49)56)55-28-12-10-22-48(55)42-19-13-18-41(35-42)46-26-14-17-39-15-3-5-20-45(39)46/h3-37H,1-2H3. The SMILES string of the molecule is CC1(C)c2ccccc2-c2ccc(-c3ccc(N(c4ccccc4-c4cccc(-c5cccc6ccccc56)c4)c4cc5ccccc5c5ccccc45)cc3)cc21. The number of para-hydroxylation sites is 1. The molecule has 10 aromatic carbocycles. The van der Waals surface area contributed by atoms with Crippen molar-refractivity contribution in [3.63, 3.8) is 0 Å². The highest BCUT2D eigenvalue weighted by Crippen LogP contribution is 2.50. The first-order chi connectivity index (χ1) is 28.5. The third kappa shape index (κ3) is 5.46. The zero-order valence-electron chi connectivity index (χ0n) is 32.7. The van der Waals surface area contributed by atoms with Crippen molar-refractivity contribution in [3.8, 4) is 44.5 Å². The summed E-state index contributed by atoms with van der Waals surface area (Å²) in [5.41, 5.74) is 16.1. The Morgan fingerprint density at radius 2 is 0.879 bits per heavy atom. The predicted octanol–water partition coefficient (Wildman–Crippen LogP) is 15.9. The number of rotatable bonds is 6. The largest absolute Gasteiger partial charge is 0.309 e. The van der Waals surface area contributed by atoms with Crippen LogP contribution in [0.15, 0.2) is 212 Å². The zero-order chi connectivity index (χ0) is 38.8. The highest BCUT2D eigenvalue weighted by Gasteiger charge is 2.35. The van der Waals surface area contributed by atoms with Crippen LogP contribution in [0.4, 0.5) is 17.1 Å². The van der Waals surface area contributed by atoms with E-state index in [1.54, 1.807) is 0 Å². The third-order valence-electron chi connectivity index (χ3n) is 12.4. The van der Waals surface area contributed by atoms with Crippen LogP contribution in [-0.4, -0.2) is 0 Å². The molecule has 0 N–H and O–H groups in total. The molecule has 0 unspecified atom stereocenters. The molecule has 0 bridgehead atoms. The molecule has 0 radical (unpaired) electrons. The Kier molecular flexibility index (Phi) is 7.91. The molecule has 1 heteroatoms. The summed E-state index contributed by atoms with van der Waals surface area (Å²) in [4.78, 5) is 2.47. The fourth-order valence-electron chi connectivity index (χ4n) is 9.56. The van der Waals surface area contributed by atoms with Crippen molar-refractivity contribution in [1.29, 1.82) is 0 Å². The Morgan fingerprint density at radius 1 is 0.310 bits per heavy atom. The average Bonchev–Trinajstić information content (AvgIpc) is 3.52. The molecule has 0 saturated carbocycles. The molecule has 1 aliphatic rings. The van der Waals surface area contributed by atoms with E-state index in [0.717, 1.165) is 17.1 Å². The molecule has 274 valence electrons. The minimum atomic E-state index is -0.0512. The Balaban J connectivity index is 1.08. The third-order valence-corrected chi connectivity index (χ3v) is 12.4. The normalized spacial score (nSPS) is 12.8. The second-order valence-electron chi connectivity index (χ2n) is 16.1. The number of nitrogens with zero attached hydrogens (tertiary/aromatic N) is 1. The Labute approximate surface area is 340 Å². The Bertz CT molecular complexity index is 3200. The summed E-state index contributed by atoms with van der Waals surface area (Å²) >= 11 is 0. The van der Waals surface area contributed by atoms with Gasteiger partial charge in [0.25, 0.3) is 0 Å². The lowest BCUT2D eigenvalue weighted by molar-refractivity contribution is 0.660. The van der Waals surface area contributed by atoms with Crippen LogP contribution in [0.2, 0.25) is 0 Å². The lowest BCUT2D eigenvalue weighted by atomic mass is 9.81. The molecule has 1 aliphatic carbocycles. The number of hydrogen-bond donors (Lipinski definition) is 0. The van der Waals surface area contributed by atoms with Gasteiger partial charge in [0.05, 0.1) is 11.4 Å². The molecular weight excluding hydrogens is 699 g/mol. The maximum absolute atomic E-state index is 2.47. The zero-order valence-corrected chi connectivity index (χ0v) is 32.7. The second kappa shape index (κ2) is 13.5.